The molecule has 4 heterocycles. The van der Waals surface area contributed by atoms with Crippen molar-refractivity contribution in [1.29, 1.82) is 0 Å². The lowest BCUT2D eigenvalue weighted by Crippen LogP contribution is -2.46. The number of amides is 2. The Balaban J connectivity index is 1.37. The van der Waals surface area contributed by atoms with Gasteiger partial charge in [-0.05, 0) is 30.3 Å². The topological polar surface area (TPSA) is 148 Å². The zero-order chi connectivity index (χ0) is 30.7. The molecule has 0 spiro atoms. The molecule has 1 saturated heterocycles. The molecule has 12 nitrogen and oxygen atoms in total. The molecular formula is C27H28ClF3N10O2. The van der Waals surface area contributed by atoms with E-state index >= 15 is 0 Å². The lowest BCUT2D eigenvalue weighted by atomic mass is 10.1. The number of rotatable bonds is 8. The molecule has 5 rings (SSSR count). The van der Waals surface area contributed by atoms with Crippen LogP contribution in [0.2, 0.25) is 5.02 Å². The zero-order valence-electron chi connectivity index (χ0n) is 23.0. The Bertz CT molecular complexity index is 1630. The predicted molar refractivity (Wildman–Crippen MR) is 154 cm³/mol. The number of piperazine rings is 1. The Morgan fingerprint density at radius 2 is 1.84 bits per heavy atom. The number of halogens is 4. The van der Waals surface area contributed by atoms with Crippen LogP contribution in [0.25, 0.3) is 17.1 Å². The van der Waals surface area contributed by atoms with Gasteiger partial charge in [-0.3, -0.25) is 9.59 Å². The molecule has 1 fully saturated rings. The first kappa shape index (κ1) is 30.0. The monoisotopic (exact) mass is 616 g/mol. The SMILES string of the molecule is Cn1c(-c2cn(-c3ccc(NCCN)cn3)nc2C(F)(F)F)cnc1C(=O)Nc1ccc(C(=O)N2CCNCC2)c(Cl)c1. The van der Waals surface area contributed by atoms with Crippen molar-refractivity contribution >= 4 is 34.8 Å². The second-order valence-corrected chi connectivity index (χ2v) is 10.1. The van der Waals surface area contributed by atoms with E-state index in [0.29, 0.717) is 50.5 Å². The minimum absolute atomic E-state index is 0.0138. The molecule has 4 aromatic rings. The number of nitrogens with zero attached hydrogens (tertiary/aromatic N) is 6. The van der Waals surface area contributed by atoms with Crippen molar-refractivity contribution in [1.82, 2.24) is 34.5 Å². The fourth-order valence-electron chi connectivity index (χ4n) is 4.59. The molecule has 16 heteroatoms. The second kappa shape index (κ2) is 12.4. The van der Waals surface area contributed by atoms with E-state index in [2.05, 4.69) is 31.0 Å². The molecule has 0 saturated carbocycles. The summed E-state index contributed by atoms with van der Waals surface area (Å²) in [5, 5.41) is 12.7. The van der Waals surface area contributed by atoms with E-state index in [4.69, 9.17) is 17.3 Å². The number of carbonyl (C=O) groups excluding carboxylic acids is 2. The fraction of sp³-hybridized carbons (Fsp3) is 0.296. The number of alkyl halides is 3. The molecule has 3 aromatic heterocycles. The van der Waals surface area contributed by atoms with Crippen LogP contribution in [0.5, 0.6) is 0 Å². The van der Waals surface area contributed by atoms with Gasteiger partial charge < -0.3 is 31.2 Å². The summed E-state index contributed by atoms with van der Waals surface area (Å²) in [7, 11) is 1.42. The summed E-state index contributed by atoms with van der Waals surface area (Å²) in [5.41, 5.74) is 5.28. The van der Waals surface area contributed by atoms with Gasteiger partial charge >= 0.3 is 6.18 Å². The van der Waals surface area contributed by atoms with Crippen LogP contribution in [0.4, 0.5) is 24.5 Å². The van der Waals surface area contributed by atoms with E-state index in [1.54, 1.807) is 11.0 Å². The van der Waals surface area contributed by atoms with Gasteiger partial charge in [-0.2, -0.15) is 18.3 Å². The van der Waals surface area contributed by atoms with Gasteiger partial charge in [0.15, 0.2) is 17.3 Å². The van der Waals surface area contributed by atoms with Gasteiger partial charge in [-0.1, -0.05) is 11.6 Å². The highest BCUT2D eigenvalue weighted by atomic mass is 35.5. The molecule has 0 aliphatic carbocycles. The number of nitrogens with two attached hydrogens (primary N) is 1. The van der Waals surface area contributed by atoms with Gasteiger partial charge in [-0.25, -0.2) is 14.6 Å². The van der Waals surface area contributed by atoms with Crippen molar-refractivity contribution in [2.24, 2.45) is 12.8 Å². The second-order valence-electron chi connectivity index (χ2n) is 9.67. The van der Waals surface area contributed by atoms with E-state index < -0.39 is 17.8 Å². The van der Waals surface area contributed by atoms with E-state index in [1.165, 1.54) is 54.5 Å². The smallest absolute Gasteiger partial charge is 0.383 e. The lowest BCUT2D eigenvalue weighted by molar-refractivity contribution is -0.140. The van der Waals surface area contributed by atoms with E-state index in [0.717, 1.165) is 4.68 Å². The van der Waals surface area contributed by atoms with Crippen molar-refractivity contribution < 1.29 is 22.8 Å². The minimum atomic E-state index is -4.80. The minimum Gasteiger partial charge on any atom is -0.383 e. The number of nitrogens with one attached hydrogen (secondary N) is 3. The number of aromatic nitrogens is 5. The Morgan fingerprint density at radius 1 is 1.09 bits per heavy atom. The quantitative estimate of drug-likeness (QED) is 0.236. The summed E-state index contributed by atoms with van der Waals surface area (Å²) in [6, 6.07) is 7.66. The van der Waals surface area contributed by atoms with Crippen LogP contribution in [-0.4, -0.2) is 80.3 Å². The van der Waals surface area contributed by atoms with Crippen LogP contribution >= 0.6 is 11.6 Å². The van der Waals surface area contributed by atoms with Gasteiger partial charge in [0.2, 0.25) is 0 Å². The first-order valence-corrected chi connectivity index (χ1v) is 13.6. The molecule has 1 aliphatic rings. The normalized spacial score (nSPS) is 13.7. The molecule has 43 heavy (non-hydrogen) atoms. The molecule has 0 radical (unpaired) electrons. The van der Waals surface area contributed by atoms with Crippen LogP contribution in [0.1, 0.15) is 26.7 Å². The van der Waals surface area contributed by atoms with Gasteiger partial charge in [0.25, 0.3) is 11.8 Å². The third kappa shape index (κ3) is 6.48. The first-order valence-electron chi connectivity index (χ1n) is 13.3. The summed E-state index contributed by atoms with van der Waals surface area (Å²) in [6.07, 6.45) is -0.978. The van der Waals surface area contributed by atoms with E-state index in [1.807, 2.05) is 0 Å². The standard InChI is InChI=1S/C27H28ClF3N10O2/c1-39-21(19-15-41(38-23(19)27(29,30)31)22-5-3-17(13-35-22)34-7-6-32)14-36-24(39)25(42)37-16-2-4-18(20(28)12-16)26(43)40-10-8-33-9-11-40/h2-5,12-15,33-34H,6-11,32H2,1H3,(H,37,42). The Hall–Kier alpha value is -4.47. The van der Waals surface area contributed by atoms with Crippen LogP contribution in [0, 0.1) is 0 Å². The molecule has 0 bridgehead atoms. The fourth-order valence-corrected chi connectivity index (χ4v) is 4.85. The highest BCUT2D eigenvalue weighted by molar-refractivity contribution is 6.34. The summed E-state index contributed by atoms with van der Waals surface area (Å²) < 4.78 is 44.3. The Kier molecular flexibility index (Phi) is 8.66. The predicted octanol–water partition coefficient (Wildman–Crippen LogP) is 3.01. The average Bonchev–Trinajstić information content (AvgIpc) is 3.60. The van der Waals surface area contributed by atoms with Gasteiger partial charge in [0.1, 0.15) is 0 Å². The highest BCUT2D eigenvalue weighted by Crippen LogP contribution is 2.37. The van der Waals surface area contributed by atoms with Crippen molar-refractivity contribution in [3.05, 3.63) is 71.0 Å². The average molecular weight is 617 g/mol. The Morgan fingerprint density at radius 3 is 2.49 bits per heavy atom. The van der Waals surface area contributed by atoms with Gasteiger partial charge in [0.05, 0.1) is 39.9 Å². The zero-order valence-corrected chi connectivity index (χ0v) is 23.7. The van der Waals surface area contributed by atoms with Gasteiger partial charge in [-0.15, -0.1) is 0 Å². The number of pyridine rings is 1. The summed E-state index contributed by atoms with van der Waals surface area (Å²) in [5.74, 6) is -0.893. The maximum atomic E-state index is 14.0. The molecule has 1 aliphatic heterocycles. The number of anilines is 2. The largest absolute Gasteiger partial charge is 0.435 e. The molecule has 2 amide bonds. The third-order valence-corrected chi connectivity index (χ3v) is 7.08. The van der Waals surface area contributed by atoms with Crippen LogP contribution in [0.3, 0.4) is 0 Å². The van der Waals surface area contributed by atoms with Crippen molar-refractivity contribution in [3.63, 3.8) is 0 Å². The summed E-state index contributed by atoms with van der Waals surface area (Å²) in [4.78, 5) is 35.9. The summed E-state index contributed by atoms with van der Waals surface area (Å²) >= 11 is 6.37. The molecule has 0 atom stereocenters. The number of hydrogen-bond acceptors (Lipinski definition) is 8. The Labute approximate surface area is 249 Å². The number of imidazole rings is 1. The lowest BCUT2D eigenvalue weighted by Gasteiger charge is -2.27. The van der Waals surface area contributed by atoms with E-state index in [9.17, 15) is 22.8 Å². The molecular weight excluding hydrogens is 589 g/mol. The summed E-state index contributed by atoms with van der Waals surface area (Å²) in [6.45, 7) is 3.40. The van der Waals surface area contributed by atoms with E-state index in [-0.39, 0.29) is 39.5 Å². The molecule has 226 valence electrons. The molecule has 0 unspecified atom stereocenters. The molecule has 5 N–H and O–H groups in total. The maximum Gasteiger partial charge on any atom is 0.435 e. The van der Waals surface area contributed by atoms with Gasteiger partial charge in [0, 0.05) is 58.2 Å². The molecule has 1 aromatic carbocycles. The third-order valence-electron chi connectivity index (χ3n) is 6.77. The number of carbonyl (C=O) groups is 2. The van der Waals surface area contributed by atoms with Crippen molar-refractivity contribution in [2.75, 3.05) is 49.9 Å². The van der Waals surface area contributed by atoms with Crippen molar-refractivity contribution in [2.45, 2.75) is 6.18 Å². The van der Waals surface area contributed by atoms with Crippen LogP contribution in [0.15, 0.2) is 48.9 Å². The van der Waals surface area contributed by atoms with Crippen molar-refractivity contribution in [3.8, 4) is 17.1 Å². The first-order chi connectivity index (χ1) is 20.6. The number of hydrogen-bond donors (Lipinski definition) is 4. The highest BCUT2D eigenvalue weighted by Gasteiger charge is 2.39. The maximum absolute atomic E-state index is 14.0. The van der Waals surface area contributed by atoms with Crippen LogP contribution < -0.4 is 21.7 Å². The van der Waals surface area contributed by atoms with Crippen LogP contribution in [-0.2, 0) is 13.2 Å². The number of benzene rings is 1.